The van der Waals surface area contributed by atoms with Crippen molar-refractivity contribution in [1.29, 1.82) is 0 Å². The minimum absolute atomic E-state index is 0.0138. The maximum absolute atomic E-state index is 11.2. The van der Waals surface area contributed by atoms with Crippen LogP contribution < -0.4 is 11.2 Å². The average Bonchev–Trinajstić information content (AvgIpc) is 2.44. The van der Waals surface area contributed by atoms with Crippen LogP contribution in [0, 0.1) is 0 Å². The Morgan fingerprint density at radius 1 is 1.40 bits per heavy atom. The Bertz CT molecular complexity index is 225. The molecule has 5 nitrogen and oxygen atoms in total. The molecule has 15 heavy (non-hydrogen) atoms. The maximum Gasteiger partial charge on any atom is 0.431 e. The predicted molar refractivity (Wildman–Crippen MR) is 56.1 cm³/mol. The second-order valence-electron chi connectivity index (χ2n) is 4.86. The van der Waals surface area contributed by atoms with Crippen molar-refractivity contribution in [2.24, 2.45) is 5.73 Å². The molecule has 2 unspecified atom stereocenters. The molecular weight excluding hydrogens is 196 g/mol. The second-order valence-corrected chi connectivity index (χ2v) is 4.86. The number of hydrogen-bond donors (Lipinski definition) is 2. The van der Waals surface area contributed by atoms with E-state index < -0.39 is 11.7 Å². The molecule has 1 saturated carbocycles. The zero-order valence-corrected chi connectivity index (χ0v) is 9.58. The third-order valence-electron chi connectivity index (χ3n) is 2.20. The van der Waals surface area contributed by atoms with Crippen molar-refractivity contribution in [2.75, 3.05) is 0 Å². The molecule has 0 radical (unpaired) electrons. The Labute approximate surface area is 90.3 Å². The predicted octanol–water partition coefficient (Wildman–Crippen LogP) is 1.32. The molecular formula is C10H20N2O3. The van der Waals surface area contributed by atoms with Crippen LogP contribution in [0.2, 0.25) is 0 Å². The Kier molecular flexibility index (Phi) is 3.93. The highest BCUT2D eigenvalue weighted by Gasteiger charge is 2.26. The lowest BCUT2D eigenvalue weighted by atomic mass is 10.2. The minimum atomic E-state index is -0.568. The van der Waals surface area contributed by atoms with Crippen LogP contribution in [-0.2, 0) is 9.57 Å². The van der Waals surface area contributed by atoms with Crippen LogP contribution in [0.5, 0.6) is 0 Å². The summed E-state index contributed by atoms with van der Waals surface area (Å²) >= 11 is 0. The van der Waals surface area contributed by atoms with Gasteiger partial charge in [-0.25, -0.2) is 4.79 Å². The van der Waals surface area contributed by atoms with Crippen molar-refractivity contribution >= 4 is 6.09 Å². The Morgan fingerprint density at radius 2 is 2.07 bits per heavy atom. The molecule has 0 aromatic heterocycles. The van der Waals surface area contributed by atoms with Crippen LogP contribution in [-0.4, -0.2) is 23.8 Å². The van der Waals surface area contributed by atoms with Gasteiger partial charge in [-0.2, -0.15) is 5.48 Å². The summed E-state index contributed by atoms with van der Waals surface area (Å²) in [6, 6.07) is 0.0138. The molecule has 1 aliphatic rings. The normalized spacial score (nSPS) is 26.4. The Hall–Kier alpha value is -0.810. The van der Waals surface area contributed by atoms with Crippen molar-refractivity contribution in [3.63, 3.8) is 0 Å². The lowest BCUT2D eigenvalue weighted by Crippen LogP contribution is -2.40. The summed E-state index contributed by atoms with van der Waals surface area (Å²) in [5, 5.41) is 0. The number of nitrogens with two attached hydrogens (primary N) is 1. The van der Waals surface area contributed by atoms with Crippen LogP contribution in [0.1, 0.15) is 40.0 Å². The van der Waals surface area contributed by atoms with Crippen molar-refractivity contribution < 1.29 is 14.4 Å². The van der Waals surface area contributed by atoms with Gasteiger partial charge in [-0.05, 0) is 40.0 Å². The number of hydrogen-bond acceptors (Lipinski definition) is 4. The molecule has 0 heterocycles. The first-order chi connectivity index (χ1) is 6.88. The summed E-state index contributed by atoms with van der Waals surface area (Å²) in [5.41, 5.74) is 7.54. The quantitative estimate of drug-likeness (QED) is 0.683. The molecule has 3 N–H and O–H groups in total. The van der Waals surface area contributed by atoms with E-state index >= 15 is 0 Å². The molecule has 0 spiro atoms. The van der Waals surface area contributed by atoms with Gasteiger partial charge in [0.25, 0.3) is 0 Å². The molecule has 0 saturated heterocycles. The maximum atomic E-state index is 11.2. The molecule has 2 atom stereocenters. The van der Waals surface area contributed by atoms with E-state index in [0.29, 0.717) is 0 Å². The van der Waals surface area contributed by atoms with Gasteiger partial charge >= 0.3 is 6.09 Å². The van der Waals surface area contributed by atoms with E-state index in [1.54, 1.807) is 20.8 Å². The number of hydroxylamine groups is 1. The summed E-state index contributed by atoms with van der Waals surface area (Å²) in [6.45, 7) is 5.40. The van der Waals surface area contributed by atoms with Gasteiger partial charge in [0.05, 0.1) is 0 Å². The lowest BCUT2D eigenvalue weighted by Gasteiger charge is -2.21. The SMILES string of the molecule is CC(C)(C)OC(=O)NOC1CCCC1N. The molecule has 88 valence electrons. The average molecular weight is 216 g/mol. The largest absolute Gasteiger partial charge is 0.442 e. The van der Waals surface area contributed by atoms with Gasteiger partial charge in [-0.1, -0.05) is 0 Å². The fraction of sp³-hybridized carbons (Fsp3) is 0.900. The molecule has 0 bridgehead atoms. The Balaban J connectivity index is 2.22. The number of rotatable bonds is 2. The first kappa shape index (κ1) is 12.3. The fourth-order valence-corrected chi connectivity index (χ4v) is 1.52. The molecule has 1 fully saturated rings. The molecule has 0 aromatic carbocycles. The zero-order chi connectivity index (χ0) is 11.5. The summed E-state index contributed by atoms with van der Waals surface area (Å²) in [7, 11) is 0. The van der Waals surface area contributed by atoms with E-state index in [2.05, 4.69) is 5.48 Å². The molecule has 1 aliphatic carbocycles. The topological polar surface area (TPSA) is 73.6 Å². The van der Waals surface area contributed by atoms with E-state index in [0.717, 1.165) is 19.3 Å². The highest BCUT2D eigenvalue weighted by molar-refractivity contribution is 5.66. The van der Waals surface area contributed by atoms with Gasteiger partial charge in [0, 0.05) is 6.04 Å². The minimum Gasteiger partial charge on any atom is -0.442 e. The summed E-state index contributed by atoms with van der Waals surface area (Å²) < 4.78 is 5.02. The van der Waals surface area contributed by atoms with E-state index in [-0.39, 0.29) is 12.1 Å². The van der Waals surface area contributed by atoms with Crippen molar-refractivity contribution in [2.45, 2.75) is 57.8 Å². The molecule has 5 heteroatoms. The molecule has 0 aliphatic heterocycles. The van der Waals surface area contributed by atoms with E-state index in [1.165, 1.54) is 0 Å². The first-order valence-electron chi connectivity index (χ1n) is 5.29. The number of amides is 1. The zero-order valence-electron chi connectivity index (χ0n) is 9.58. The fourth-order valence-electron chi connectivity index (χ4n) is 1.52. The van der Waals surface area contributed by atoms with Crippen LogP contribution in [0.15, 0.2) is 0 Å². The van der Waals surface area contributed by atoms with E-state index in [1.807, 2.05) is 0 Å². The van der Waals surface area contributed by atoms with Gasteiger partial charge in [0.2, 0.25) is 0 Å². The van der Waals surface area contributed by atoms with Crippen molar-refractivity contribution in [1.82, 2.24) is 5.48 Å². The third kappa shape index (κ3) is 4.48. The van der Waals surface area contributed by atoms with Crippen LogP contribution in [0.4, 0.5) is 4.79 Å². The van der Waals surface area contributed by atoms with E-state index in [9.17, 15) is 4.79 Å². The van der Waals surface area contributed by atoms with E-state index in [4.69, 9.17) is 15.3 Å². The summed E-state index contributed by atoms with van der Waals surface area (Å²) in [6.07, 6.45) is 2.22. The monoisotopic (exact) mass is 216 g/mol. The third-order valence-corrected chi connectivity index (χ3v) is 2.20. The molecule has 1 amide bonds. The first-order valence-corrected chi connectivity index (χ1v) is 5.29. The number of ether oxygens (including phenoxy) is 1. The number of carbonyl (C=O) groups excluding carboxylic acids is 1. The molecule has 1 rings (SSSR count). The van der Waals surface area contributed by atoms with Crippen molar-refractivity contribution in [3.05, 3.63) is 0 Å². The van der Waals surface area contributed by atoms with Gasteiger partial charge in [0.1, 0.15) is 11.7 Å². The number of carbonyl (C=O) groups is 1. The smallest absolute Gasteiger partial charge is 0.431 e. The second kappa shape index (κ2) is 4.81. The summed E-state index contributed by atoms with van der Waals surface area (Å²) in [5.74, 6) is 0. The molecule has 0 aromatic rings. The highest BCUT2D eigenvalue weighted by atomic mass is 16.7. The van der Waals surface area contributed by atoms with Gasteiger partial charge < -0.3 is 10.5 Å². The van der Waals surface area contributed by atoms with Gasteiger partial charge in [-0.3, -0.25) is 4.84 Å². The lowest BCUT2D eigenvalue weighted by molar-refractivity contribution is -0.0441. The van der Waals surface area contributed by atoms with Gasteiger partial charge in [-0.15, -0.1) is 0 Å². The number of nitrogens with one attached hydrogen (secondary N) is 1. The summed E-state index contributed by atoms with van der Waals surface area (Å²) in [4.78, 5) is 16.4. The standard InChI is InChI=1S/C10H20N2O3/c1-10(2,3)14-9(13)12-15-8-6-4-5-7(8)11/h7-8H,4-6,11H2,1-3H3,(H,12,13). The van der Waals surface area contributed by atoms with Crippen LogP contribution in [0.3, 0.4) is 0 Å². The van der Waals surface area contributed by atoms with Crippen LogP contribution >= 0.6 is 0 Å². The van der Waals surface area contributed by atoms with Gasteiger partial charge in [0.15, 0.2) is 0 Å². The van der Waals surface area contributed by atoms with Crippen LogP contribution in [0.25, 0.3) is 0 Å². The Morgan fingerprint density at radius 3 is 2.53 bits per heavy atom. The van der Waals surface area contributed by atoms with Crippen molar-refractivity contribution in [3.8, 4) is 0 Å². The highest BCUT2D eigenvalue weighted by Crippen LogP contribution is 2.19.